The standard InChI is InChI=1S/C7H5ClFN3/c8-3-5-4-11-7-10-2-1-6(9)12(5)7/h1-2,4H,3H2. The van der Waals surface area contributed by atoms with Gasteiger partial charge in [-0.2, -0.15) is 4.39 Å². The molecule has 0 amide bonds. The molecule has 0 aliphatic rings. The fourth-order valence-electron chi connectivity index (χ4n) is 1.03. The van der Waals surface area contributed by atoms with E-state index in [9.17, 15) is 4.39 Å². The van der Waals surface area contributed by atoms with Gasteiger partial charge in [0.05, 0.1) is 17.8 Å². The molecule has 0 aliphatic heterocycles. The van der Waals surface area contributed by atoms with Crippen LogP contribution in [0.1, 0.15) is 5.69 Å². The first-order valence-corrected chi connectivity index (χ1v) is 3.89. The first-order valence-electron chi connectivity index (χ1n) is 3.35. The van der Waals surface area contributed by atoms with Crippen molar-refractivity contribution in [2.75, 3.05) is 0 Å². The third-order valence-corrected chi connectivity index (χ3v) is 1.84. The fraction of sp³-hybridized carbons (Fsp3) is 0.143. The van der Waals surface area contributed by atoms with Crippen molar-refractivity contribution in [2.24, 2.45) is 0 Å². The molecule has 62 valence electrons. The quantitative estimate of drug-likeness (QED) is 0.499. The van der Waals surface area contributed by atoms with Crippen LogP contribution in [0.5, 0.6) is 0 Å². The number of hydrogen-bond acceptors (Lipinski definition) is 2. The monoisotopic (exact) mass is 185 g/mol. The summed E-state index contributed by atoms with van der Waals surface area (Å²) in [4.78, 5) is 7.74. The number of aromatic nitrogens is 3. The second-order valence-corrected chi connectivity index (χ2v) is 2.55. The lowest BCUT2D eigenvalue weighted by Crippen LogP contribution is -1.97. The largest absolute Gasteiger partial charge is 0.256 e. The molecule has 0 saturated carbocycles. The van der Waals surface area contributed by atoms with Crippen molar-refractivity contribution in [3.8, 4) is 0 Å². The highest BCUT2D eigenvalue weighted by Crippen LogP contribution is 2.08. The Balaban J connectivity index is 2.83. The van der Waals surface area contributed by atoms with Crippen molar-refractivity contribution >= 4 is 17.4 Å². The Labute approximate surface area is 72.8 Å². The van der Waals surface area contributed by atoms with Gasteiger partial charge in [0.1, 0.15) is 0 Å². The van der Waals surface area contributed by atoms with E-state index in [4.69, 9.17) is 11.6 Å². The van der Waals surface area contributed by atoms with Gasteiger partial charge in [0.2, 0.25) is 11.7 Å². The summed E-state index contributed by atoms with van der Waals surface area (Å²) in [6.45, 7) is 0. The Morgan fingerprint density at radius 1 is 1.50 bits per heavy atom. The van der Waals surface area contributed by atoms with Gasteiger partial charge >= 0.3 is 0 Å². The molecule has 0 bridgehead atoms. The molecule has 0 saturated heterocycles. The predicted octanol–water partition coefficient (Wildman–Crippen LogP) is 1.61. The van der Waals surface area contributed by atoms with Gasteiger partial charge in [-0.25, -0.2) is 9.97 Å². The number of hydrogen-bond donors (Lipinski definition) is 0. The lowest BCUT2D eigenvalue weighted by molar-refractivity contribution is 0.559. The van der Waals surface area contributed by atoms with Crippen molar-refractivity contribution in [1.29, 1.82) is 0 Å². The van der Waals surface area contributed by atoms with Gasteiger partial charge in [-0.05, 0) is 0 Å². The van der Waals surface area contributed by atoms with E-state index in [0.29, 0.717) is 11.5 Å². The van der Waals surface area contributed by atoms with Gasteiger partial charge in [-0.3, -0.25) is 4.40 Å². The van der Waals surface area contributed by atoms with Crippen molar-refractivity contribution in [3.63, 3.8) is 0 Å². The van der Waals surface area contributed by atoms with Gasteiger partial charge in [0, 0.05) is 12.3 Å². The van der Waals surface area contributed by atoms with Gasteiger partial charge in [-0.15, -0.1) is 11.6 Å². The maximum atomic E-state index is 13.1. The normalized spacial score (nSPS) is 10.8. The van der Waals surface area contributed by atoms with E-state index in [-0.39, 0.29) is 5.88 Å². The third-order valence-electron chi connectivity index (χ3n) is 1.57. The fourth-order valence-corrected chi connectivity index (χ4v) is 1.22. The molecule has 0 N–H and O–H groups in total. The molecule has 2 aromatic heterocycles. The number of imidazole rings is 1. The second kappa shape index (κ2) is 2.71. The highest BCUT2D eigenvalue weighted by atomic mass is 35.5. The molecule has 0 radical (unpaired) electrons. The van der Waals surface area contributed by atoms with Crippen LogP contribution in [-0.2, 0) is 5.88 Å². The molecule has 2 aromatic rings. The summed E-state index contributed by atoms with van der Waals surface area (Å²) in [6.07, 6.45) is 2.88. The smallest absolute Gasteiger partial charge is 0.236 e. The molecule has 3 nitrogen and oxygen atoms in total. The van der Waals surface area contributed by atoms with E-state index >= 15 is 0 Å². The van der Waals surface area contributed by atoms with E-state index < -0.39 is 5.95 Å². The lowest BCUT2D eigenvalue weighted by atomic mass is 10.5. The maximum Gasteiger partial charge on any atom is 0.236 e. The number of halogens is 2. The van der Waals surface area contributed by atoms with Crippen LogP contribution in [0.15, 0.2) is 18.5 Å². The molecule has 0 spiro atoms. The van der Waals surface area contributed by atoms with Crippen LogP contribution in [0.2, 0.25) is 0 Å². The van der Waals surface area contributed by atoms with Gasteiger partial charge in [0.25, 0.3) is 0 Å². The Morgan fingerprint density at radius 2 is 2.33 bits per heavy atom. The summed E-state index contributed by atoms with van der Waals surface area (Å²) in [5, 5.41) is 0. The van der Waals surface area contributed by atoms with Gasteiger partial charge < -0.3 is 0 Å². The number of alkyl halides is 1. The van der Waals surface area contributed by atoms with Gasteiger partial charge in [0.15, 0.2) is 0 Å². The molecule has 2 rings (SSSR count). The number of rotatable bonds is 1. The van der Waals surface area contributed by atoms with Crippen molar-refractivity contribution < 1.29 is 4.39 Å². The van der Waals surface area contributed by atoms with Crippen molar-refractivity contribution in [3.05, 3.63) is 30.1 Å². The van der Waals surface area contributed by atoms with Crippen LogP contribution in [-0.4, -0.2) is 14.4 Å². The molecule has 12 heavy (non-hydrogen) atoms. The average Bonchev–Trinajstić information content (AvgIpc) is 2.49. The van der Waals surface area contributed by atoms with Crippen molar-refractivity contribution in [1.82, 2.24) is 14.4 Å². The molecular weight excluding hydrogens is 181 g/mol. The molecule has 0 aliphatic carbocycles. The average molecular weight is 186 g/mol. The zero-order chi connectivity index (χ0) is 8.55. The van der Waals surface area contributed by atoms with Crippen LogP contribution in [0.3, 0.4) is 0 Å². The number of nitrogens with zero attached hydrogens (tertiary/aromatic N) is 3. The highest BCUT2D eigenvalue weighted by Gasteiger charge is 2.05. The Kier molecular flexibility index (Phi) is 1.69. The summed E-state index contributed by atoms with van der Waals surface area (Å²) in [7, 11) is 0. The molecule has 0 unspecified atom stereocenters. The first-order chi connectivity index (χ1) is 5.83. The van der Waals surface area contributed by atoms with E-state index in [2.05, 4.69) is 9.97 Å². The summed E-state index contributed by atoms with van der Waals surface area (Å²) in [5.41, 5.74) is 0.609. The van der Waals surface area contributed by atoms with E-state index in [1.54, 1.807) is 0 Å². The maximum absolute atomic E-state index is 13.1. The summed E-state index contributed by atoms with van der Waals surface area (Å²) in [5.74, 6) is 0.169. The zero-order valence-electron chi connectivity index (χ0n) is 6.04. The van der Waals surface area contributed by atoms with Gasteiger partial charge in [-0.1, -0.05) is 0 Å². The van der Waals surface area contributed by atoms with Crippen LogP contribution in [0.4, 0.5) is 4.39 Å². The van der Waals surface area contributed by atoms with E-state index in [1.165, 1.54) is 22.9 Å². The minimum Gasteiger partial charge on any atom is -0.256 e. The Hall–Kier alpha value is -1.16. The minimum absolute atomic E-state index is 0.226. The predicted molar refractivity (Wildman–Crippen MR) is 42.5 cm³/mol. The van der Waals surface area contributed by atoms with Crippen LogP contribution in [0, 0.1) is 5.95 Å². The molecule has 0 aromatic carbocycles. The van der Waals surface area contributed by atoms with Crippen LogP contribution < -0.4 is 0 Å². The third kappa shape index (κ3) is 0.956. The molecule has 0 fully saturated rings. The van der Waals surface area contributed by atoms with E-state index in [1.807, 2.05) is 0 Å². The SMILES string of the molecule is Fc1ccnc2ncc(CCl)n12. The second-order valence-electron chi connectivity index (χ2n) is 2.29. The Morgan fingerprint density at radius 3 is 3.08 bits per heavy atom. The van der Waals surface area contributed by atoms with E-state index in [0.717, 1.165) is 0 Å². The van der Waals surface area contributed by atoms with Crippen LogP contribution in [0.25, 0.3) is 5.78 Å². The van der Waals surface area contributed by atoms with Crippen LogP contribution >= 0.6 is 11.6 Å². The molecule has 5 heteroatoms. The first kappa shape index (κ1) is 7.49. The number of fused-ring (bicyclic) bond motifs is 1. The minimum atomic E-state index is -0.395. The Bertz CT molecular complexity index is 412. The zero-order valence-corrected chi connectivity index (χ0v) is 6.79. The molecule has 2 heterocycles. The topological polar surface area (TPSA) is 30.2 Å². The summed E-state index contributed by atoms with van der Waals surface area (Å²) >= 11 is 5.56. The molecule has 0 atom stereocenters. The lowest BCUT2D eigenvalue weighted by Gasteiger charge is -1.96. The highest BCUT2D eigenvalue weighted by molar-refractivity contribution is 6.16. The van der Waals surface area contributed by atoms with Crippen molar-refractivity contribution in [2.45, 2.75) is 5.88 Å². The summed E-state index contributed by atoms with van der Waals surface area (Å²) < 4.78 is 14.4. The molecular formula is C7H5ClFN3. The summed E-state index contributed by atoms with van der Waals surface area (Å²) in [6, 6.07) is 1.27.